The minimum atomic E-state index is -0.840. The molecule has 0 radical (unpaired) electrons. The predicted molar refractivity (Wildman–Crippen MR) is 72.5 cm³/mol. The maximum atomic E-state index is 11.5. The van der Waals surface area contributed by atoms with E-state index in [1.54, 1.807) is 6.92 Å². The van der Waals surface area contributed by atoms with Gasteiger partial charge in [-0.25, -0.2) is 9.80 Å². The highest BCUT2D eigenvalue weighted by atomic mass is 16.7. The van der Waals surface area contributed by atoms with Gasteiger partial charge in [0.05, 0.1) is 0 Å². The fourth-order valence-corrected chi connectivity index (χ4v) is 2.25. The number of carbonyl (C=O) groups excluding carboxylic acids is 4. The van der Waals surface area contributed by atoms with Crippen LogP contribution in [0.3, 0.4) is 0 Å². The predicted octanol–water partition coefficient (Wildman–Crippen LogP) is -0.0924. The molecule has 0 aromatic heterocycles. The van der Waals surface area contributed by atoms with E-state index >= 15 is 0 Å². The van der Waals surface area contributed by atoms with Crippen LogP contribution in [-0.4, -0.2) is 52.2 Å². The standard InChI is InChI=1S/C14H16N2O6/c1-8(15-11(17)4-5-12(15)18)21-10(3)22-9(2)16-13(19)6-7-14(16)20/h4-10H,1-3H3. The molecular formula is C14H16N2O6. The van der Waals surface area contributed by atoms with Crippen molar-refractivity contribution in [2.75, 3.05) is 0 Å². The molecule has 0 saturated heterocycles. The van der Waals surface area contributed by atoms with Crippen molar-refractivity contribution in [1.29, 1.82) is 0 Å². The van der Waals surface area contributed by atoms with Gasteiger partial charge in [-0.3, -0.25) is 19.2 Å². The van der Waals surface area contributed by atoms with E-state index in [0.29, 0.717) is 0 Å². The number of hydrogen-bond donors (Lipinski definition) is 0. The Morgan fingerprint density at radius 3 is 1.23 bits per heavy atom. The topological polar surface area (TPSA) is 93.2 Å². The fourth-order valence-electron chi connectivity index (χ4n) is 2.25. The molecule has 22 heavy (non-hydrogen) atoms. The Hall–Kier alpha value is -2.32. The van der Waals surface area contributed by atoms with Crippen LogP contribution in [0.2, 0.25) is 0 Å². The summed E-state index contributed by atoms with van der Waals surface area (Å²) in [6.45, 7) is 4.60. The first-order valence-electron chi connectivity index (χ1n) is 6.72. The molecular weight excluding hydrogens is 292 g/mol. The SMILES string of the molecule is CC(OC(C)N1C(=O)C=CC1=O)OC(C)N1C(=O)C=CC1=O. The molecule has 0 bridgehead atoms. The summed E-state index contributed by atoms with van der Waals surface area (Å²) in [4.78, 5) is 48.0. The van der Waals surface area contributed by atoms with Crippen LogP contribution in [0.4, 0.5) is 0 Å². The van der Waals surface area contributed by atoms with Crippen LogP contribution in [0.25, 0.3) is 0 Å². The van der Waals surface area contributed by atoms with Gasteiger partial charge in [-0.05, 0) is 20.8 Å². The van der Waals surface area contributed by atoms with Gasteiger partial charge < -0.3 is 9.47 Å². The third-order valence-electron chi connectivity index (χ3n) is 3.19. The first kappa shape index (κ1) is 16.1. The van der Waals surface area contributed by atoms with E-state index in [1.165, 1.54) is 13.8 Å². The van der Waals surface area contributed by atoms with Gasteiger partial charge in [0.25, 0.3) is 23.6 Å². The second kappa shape index (κ2) is 6.20. The Morgan fingerprint density at radius 1 is 0.682 bits per heavy atom. The molecule has 2 aliphatic heterocycles. The zero-order valence-corrected chi connectivity index (χ0v) is 12.4. The third-order valence-corrected chi connectivity index (χ3v) is 3.19. The number of imide groups is 2. The van der Waals surface area contributed by atoms with Gasteiger partial charge in [-0.2, -0.15) is 0 Å². The summed E-state index contributed by atoms with van der Waals surface area (Å²) in [5, 5.41) is 0. The maximum Gasteiger partial charge on any atom is 0.255 e. The minimum absolute atomic E-state index is 0.466. The summed E-state index contributed by atoms with van der Waals surface area (Å²) in [6, 6.07) is 0. The second-order valence-electron chi connectivity index (χ2n) is 4.80. The highest BCUT2D eigenvalue weighted by molar-refractivity contribution is 6.13. The molecule has 2 unspecified atom stereocenters. The van der Waals surface area contributed by atoms with Gasteiger partial charge in [0.1, 0.15) is 12.5 Å². The van der Waals surface area contributed by atoms with Crippen LogP contribution < -0.4 is 0 Å². The number of hydrogen-bond acceptors (Lipinski definition) is 6. The lowest BCUT2D eigenvalue weighted by atomic mass is 10.5. The number of ether oxygens (including phenoxy) is 2. The molecule has 2 rings (SSSR count). The summed E-state index contributed by atoms with van der Waals surface area (Å²) in [6.07, 6.45) is 2.12. The molecule has 8 nitrogen and oxygen atoms in total. The van der Waals surface area contributed by atoms with E-state index in [2.05, 4.69) is 0 Å². The van der Waals surface area contributed by atoms with Crippen LogP contribution in [0.5, 0.6) is 0 Å². The van der Waals surface area contributed by atoms with Gasteiger partial charge in [0.15, 0.2) is 6.29 Å². The molecule has 2 aliphatic rings. The molecule has 0 spiro atoms. The maximum absolute atomic E-state index is 11.5. The molecule has 2 heterocycles. The van der Waals surface area contributed by atoms with Crippen molar-refractivity contribution >= 4 is 23.6 Å². The van der Waals surface area contributed by atoms with Crippen LogP contribution in [-0.2, 0) is 28.7 Å². The lowest BCUT2D eigenvalue weighted by Gasteiger charge is -2.29. The molecule has 8 heteroatoms. The van der Waals surface area contributed by atoms with Gasteiger partial charge in [0, 0.05) is 24.3 Å². The summed E-state index contributed by atoms with van der Waals surface area (Å²) >= 11 is 0. The molecule has 4 amide bonds. The van der Waals surface area contributed by atoms with Gasteiger partial charge in [0.2, 0.25) is 0 Å². The second-order valence-corrected chi connectivity index (χ2v) is 4.80. The van der Waals surface area contributed by atoms with E-state index in [0.717, 1.165) is 34.1 Å². The zero-order valence-electron chi connectivity index (χ0n) is 12.4. The van der Waals surface area contributed by atoms with E-state index in [1.807, 2.05) is 0 Å². The molecule has 0 saturated carbocycles. The van der Waals surface area contributed by atoms with Crippen molar-refractivity contribution in [1.82, 2.24) is 9.80 Å². The summed E-state index contributed by atoms with van der Waals surface area (Å²) in [5.74, 6) is -1.86. The average Bonchev–Trinajstić information content (AvgIpc) is 2.92. The highest BCUT2D eigenvalue weighted by Crippen LogP contribution is 2.16. The number of nitrogens with zero attached hydrogens (tertiary/aromatic N) is 2. The molecule has 2 atom stereocenters. The van der Waals surface area contributed by atoms with Crippen molar-refractivity contribution in [3.8, 4) is 0 Å². The Bertz CT molecular complexity index is 496. The van der Waals surface area contributed by atoms with E-state index in [-0.39, 0.29) is 0 Å². The van der Waals surface area contributed by atoms with Crippen molar-refractivity contribution in [3.63, 3.8) is 0 Å². The van der Waals surface area contributed by atoms with Crippen molar-refractivity contribution in [2.45, 2.75) is 39.5 Å². The summed E-state index contributed by atoms with van der Waals surface area (Å²) in [7, 11) is 0. The summed E-state index contributed by atoms with van der Waals surface area (Å²) in [5.41, 5.74) is 0. The van der Waals surface area contributed by atoms with Crippen LogP contribution in [0.15, 0.2) is 24.3 Å². The quantitative estimate of drug-likeness (QED) is 0.503. The van der Waals surface area contributed by atoms with Crippen LogP contribution in [0, 0.1) is 0 Å². The average molecular weight is 308 g/mol. The van der Waals surface area contributed by atoms with Crippen LogP contribution in [0.1, 0.15) is 20.8 Å². The first-order valence-corrected chi connectivity index (χ1v) is 6.72. The summed E-state index contributed by atoms with van der Waals surface area (Å²) < 4.78 is 10.9. The minimum Gasteiger partial charge on any atom is -0.330 e. The van der Waals surface area contributed by atoms with Gasteiger partial charge in [-0.15, -0.1) is 0 Å². The largest absolute Gasteiger partial charge is 0.330 e. The smallest absolute Gasteiger partial charge is 0.255 e. The normalized spacial score (nSPS) is 22.0. The molecule has 0 aliphatic carbocycles. The number of rotatable bonds is 6. The van der Waals surface area contributed by atoms with E-state index in [4.69, 9.17) is 9.47 Å². The zero-order chi connectivity index (χ0) is 16.4. The highest BCUT2D eigenvalue weighted by Gasteiger charge is 2.33. The van der Waals surface area contributed by atoms with E-state index < -0.39 is 42.4 Å². The Labute approximate surface area is 126 Å². The number of carbonyl (C=O) groups is 4. The molecule has 118 valence electrons. The molecule has 0 fully saturated rings. The molecule has 0 N–H and O–H groups in total. The Kier molecular flexibility index (Phi) is 4.53. The molecule has 0 aromatic carbocycles. The van der Waals surface area contributed by atoms with E-state index in [9.17, 15) is 19.2 Å². The van der Waals surface area contributed by atoms with Gasteiger partial charge >= 0.3 is 0 Å². The molecule has 0 aromatic rings. The first-order chi connectivity index (χ1) is 10.3. The van der Waals surface area contributed by atoms with Gasteiger partial charge in [-0.1, -0.05) is 0 Å². The fraction of sp³-hybridized carbons (Fsp3) is 0.429. The lowest BCUT2D eigenvalue weighted by molar-refractivity contribution is -0.224. The number of amides is 4. The monoisotopic (exact) mass is 308 g/mol. The van der Waals surface area contributed by atoms with Crippen molar-refractivity contribution in [3.05, 3.63) is 24.3 Å². The van der Waals surface area contributed by atoms with Crippen molar-refractivity contribution < 1.29 is 28.7 Å². The van der Waals surface area contributed by atoms with Crippen LogP contribution >= 0.6 is 0 Å². The Balaban J connectivity index is 1.89. The lowest BCUT2D eigenvalue weighted by Crippen LogP contribution is -2.45. The third kappa shape index (κ3) is 3.12. The van der Waals surface area contributed by atoms with Crippen molar-refractivity contribution in [2.24, 2.45) is 0 Å². The Morgan fingerprint density at radius 2 is 0.955 bits per heavy atom.